The SMILES string of the molecule is O=c1[nH]c(C2CCNCC2)cc2ccnn12. The fraction of sp³-hybridized carbons (Fsp3) is 0.455. The number of fused-ring (bicyclic) bond motifs is 1. The molecule has 5 nitrogen and oxygen atoms in total. The maximum atomic E-state index is 11.7. The van der Waals surface area contributed by atoms with Gasteiger partial charge >= 0.3 is 5.69 Å². The van der Waals surface area contributed by atoms with Gasteiger partial charge in [-0.1, -0.05) is 0 Å². The van der Waals surface area contributed by atoms with E-state index in [9.17, 15) is 4.79 Å². The monoisotopic (exact) mass is 218 g/mol. The summed E-state index contributed by atoms with van der Waals surface area (Å²) in [6.45, 7) is 2.05. The van der Waals surface area contributed by atoms with Gasteiger partial charge in [0.25, 0.3) is 0 Å². The van der Waals surface area contributed by atoms with Gasteiger partial charge in [0.1, 0.15) is 0 Å². The highest BCUT2D eigenvalue weighted by atomic mass is 16.1. The quantitative estimate of drug-likeness (QED) is 0.732. The number of H-pyrrole nitrogens is 1. The molecule has 84 valence electrons. The van der Waals surface area contributed by atoms with Gasteiger partial charge in [-0.15, -0.1) is 0 Å². The van der Waals surface area contributed by atoms with Crippen LogP contribution in [0.4, 0.5) is 0 Å². The Labute approximate surface area is 92.5 Å². The molecule has 3 rings (SSSR count). The molecule has 0 radical (unpaired) electrons. The van der Waals surface area contributed by atoms with E-state index in [0.717, 1.165) is 37.1 Å². The molecule has 3 heterocycles. The molecule has 1 aliphatic heterocycles. The first-order valence-corrected chi connectivity index (χ1v) is 5.62. The third kappa shape index (κ3) is 1.53. The Morgan fingerprint density at radius 1 is 1.38 bits per heavy atom. The van der Waals surface area contributed by atoms with Gasteiger partial charge in [0.15, 0.2) is 0 Å². The van der Waals surface area contributed by atoms with E-state index in [1.807, 2.05) is 12.1 Å². The number of aromatic nitrogens is 3. The van der Waals surface area contributed by atoms with Crippen LogP contribution in [0.2, 0.25) is 0 Å². The van der Waals surface area contributed by atoms with Crippen LogP contribution in [0.1, 0.15) is 24.5 Å². The molecule has 2 aromatic heterocycles. The van der Waals surface area contributed by atoms with Crippen LogP contribution in [0.15, 0.2) is 23.1 Å². The second kappa shape index (κ2) is 3.75. The van der Waals surface area contributed by atoms with Gasteiger partial charge in [-0.2, -0.15) is 9.61 Å². The van der Waals surface area contributed by atoms with E-state index in [1.54, 1.807) is 6.20 Å². The summed E-state index contributed by atoms with van der Waals surface area (Å²) in [5.41, 5.74) is 1.77. The zero-order valence-electron chi connectivity index (χ0n) is 8.94. The summed E-state index contributed by atoms with van der Waals surface area (Å²) in [4.78, 5) is 14.7. The fourth-order valence-corrected chi connectivity index (χ4v) is 2.32. The molecule has 0 unspecified atom stereocenters. The average molecular weight is 218 g/mol. The first-order valence-electron chi connectivity index (χ1n) is 5.62. The van der Waals surface area contributed by atoms with Gasteiger partial charge in [0.05, 0.1) is 11.7 Å². The third-order valence-electron chi connectivity index (χ3n) is 3.20. The van der Waals surface area contributed by atoms with Crippen LogP contribution in [-0.2, 0) is 0 Å². The highest BCUT2D eigenvalue weighted by molar-refractivity contribution is 5.46. The van der Waals surface area contributed by atoms with Gasteiger partial charge in [-0.25, -0.2) is 4.79 Å². The van der Waals surface area contributed by atoms with E-state index < -0.39 is 0 Å². The minimum atomic E-state index is -0.143. The Morgan fingerprint density at radius 2 is 2.19 bits per heavy atom. The molecule has 2 aromatic rings. The van der Waals surface area contributed by atoms with Crippen LogP contribution in [0.5, 0.6) is 0 Å². The van der Waals surface area contributed by atoms with Crippen LogP contribution in [-0.4, -0.2) is 27.7 Å². The normalized spacial score (nSPS) is 18.0. The van der Waals surface area contributed by atoms with Crippen molar-refractivity contribution in [3.05, 3.63) is 34.5 Å². The molecular weight excluding hydrogens is 204 g/mol. The molecule has 1 saturated heterocycles. The van der Waals surface area contributed by atoms with Crippen molar-refractivity contribution in [3.63, 3.8) is 0 Å². The van der Waals surface area contributed by atoms with Crippen molar-refractivity contribution >= 4 is 5.52 Å². The van der Waals surface area contributed by atoms with Gasteiger partial charge in [0, 0.05) is 11.6 Å². The molecule has 0 aromatic carbocycles. The molecular formula is C11H14N4O. The van der Waals surface area contributed by atoms with Gasteiger partial charge in [-0.05, 0) is 38.1 Å². The topological polar surface area (TPSA) is 62.2 Å². The maximum absolute atomic E-state index is 11.7. The second-order valence-corrected chi connectivity index (χ2v) is 4.22. The van der Waals surface area contributed by atoms with Crippen LogP contribution >= 0.6 is 0 Å². The largest absolute Gasteiger partial charge is 0.346 e. The highest BCUT2D eigenvalue weighted by Crippen LogP contribution is 2.23. The number of hydrogen-bond acceptors (Lipinski definition) is 3. The molecule has 16 heavy (non-hydrogen) atoms. The summed E-state index contributed by atoms with van der Waals surface area (Å²) >= 11 is 0. The van der Waals surface area contributed by atoms with Crippen molar-refractivity contribution in [1.82, 2.24) is 19.9 Å². The standard InChI is InChI=1S/C11H14N4O/c16-11-14-10(8-1-4-12-5-2-8)7-9-3-6-13-15(9)11/h3,6-8,12H,1-2,4-5H2,(H,14,16). The van der Waals surface area contributed by atoms with Crippen molar-refractivity contribution in [2.45, 2.75) is 18.8 Å². The van der Waals surface area contributed by atoms with Gasteiger partial charge in [-0.3, -0.25) is 0 Å². The smallest absolute Gasteiger partial charge is 0.317 e. The summed E-state index contributed by atoms with van der Waals surface area (Å²) in [7, 11) is 0. The van der Waals surface area contributed by atoms with E-state index in [-0.39, 0.29) is 5.69 Å². The zero-order valence-corrected chi connectivity index (χ0v) is 8.94. The Bertz CT molecular complexity index is 550. The Kier molecular flexibility index (Phi) is 2.25. The minimum Gasteiger partial charge on any atom is -0.317 e. The molecule has 0 bridgehead atoms. The Morgan fingerprint density at radius 3 is 3.00 bits per heavy atom. The predicted molar refractivity (Wildman–Crippen MR) is 60.7 cm³/mol. The number of rotatable bonds is 1. The number of nitrogens with one attached hydrogen (secondary N) is 2. The molecule has 0 saturated carbocycles. The molecule has 5 heteroatoms. The van der Waals surface area contributed by atoms with E-state index in [4.69, 9.17) is 0 Å². The lowest BCUT2D eigenvalue weighted by atomic mass is 9.94. The van der Waals surface area contributed by atoms with Crippen LogP contribution in [0, 0.1) is 0 Å². The molecule has 0 amide bonds. The van der Waals surface area contributed by atoms with Crippen LogP contribution in [0.25, 0.3) is 5.52 Å². The molecule has 2 N–H and O–H groups in total. The average Bonchev–Trinajstić information content (AvgIpc) is 2.79. The van der Waals surface area contributed by atoms with Crippen molar-refractivity contribution in [2.75, 3.05) is 13.1 Å². The highest BCUT2D eigenvalue weighted by Gasteiger charge is 2.16. The van der Waals surface area contributed by atoms with E-state index in [2.05, 4.69) is 15.4 Å². The lowest BCUT2D eigenvalue weighted by Gasteiger charge is -2.22. The van der Waals surface area contributed by atoms with Crippen LogP contribution < -0.4 is 11.0 Å². The fourth-order valence-electron chi connectivity index (χ4n) is 2.32. The third-order valence-corrected chi connectivity index (χ3v) is 3.20. The summed E-state index contributed by atoms with van der Waals surface area (Å²) < 4.78 is 1.39. The van der Waals surface area contributed by atoms with Crippen molar-refractivity contribution in [3.8, 4) is 0 Å². The Balaban J connectivity index is 2.06. The number of piperidine rings is 1. The summed E-state index contributed by atoms with van der Waals surface area (Å²) in [6, 6.07) is 3.89. The zero-order chi connectivity index (χ0) is 11.0. The molecule has 0 aliphatic carbocycles. The number of aromatic amines is 1. The van der Waals surface area contributed by atoms with Crippen molar-refractivity contribution in [2.24, 2.45) is 0 Å². The van der Waals surface area contributed by atoms with E-state index in [0.29, 0.717) is 5.92 Å². The maximum Gasteiger partial charge on any atom is 0.346 e. The second-order valence-electron chi connectivity index (χ2n) is 4.22. The summed E-state index contributed by atoms with van der Waals surface area (Å²) in [5.74, 6) is 0.467. The van der Waals surface area contributed by atoms with Crippen LogP contribution in [0.3, 0.4) is 0 Å². The summed E-state index contributed by atoms with van der Waals surface area (Å²) in [5, 5.41) is 7.29. The van der Waals surface area contributed by atoms with Crippen molar-refractivity contribution < 1.29 is 0 Å². The molecule has 0 atom stereocenters. The molecule has 1 aliphatic rings. The Hall–Kier alpha value is -1.62. The first kappa shape index (κ1) is 9.59. The lowest BCUT2D eigenvalue weighted by molar-refractivity contribution is 0.452. The lowest BCUT2D eigenvalue weighted by Crippen LogP contribution is -2.29. The summed E-state index contributed by atoms with van der Waals surface area (Å²) in [6.07, 6.45) is 3.82. The predicted octanol–water partition coefficient (Wildman–Crippen LogP) is 0.490. The minimum absolute atomic E-state index is 0.143. The van der Waals surface area contributed by atoms with Gasteiger partial charge in [0.2, 0.25) is 0 Å². The van der Waals surface area contributed by atoms with Crippen molar-refractivity contribution in [1.29, 1.82) is 0 Å². The van der Waals surface area contributed by atoms with Gasteiger partial charge < -0.3 is 10.3 Å². The first-order chi connectivity index (χ1) is 7.84. The number of nitrogens with zero attached hydrogens (tertiary/aromatic N) is 2. The number of hydrogen-bond donors (Lipinski definition) is 2. The van der Waals surface area contributed by atoms with E-state index in [1.165, 1.54) is 4.52 Å². The molecule has 1 fully saturated rings. The molecule has 0 spiro atoms. The van der Waals surface area contributed by atoms with E-state index >= 15 is 0 Å².